The Bertz CT molecular complexity index is 280. The van der Waals surface area contributed by atoms with Crippen molar-refractivity contribution < 1.29 is 4.79 Å². The maximum Gasteiger partial charge on any atom is 0.240 e. The fourth-order valence-corrected chi connectivity index (χ4v) is 3.32. The van der Waals surface area contributed by atoms with E-state index in [2.05, 4.69) is 10.2 Å². The lowest BCUT2D eigenvalue weighted by Gasteiger charge is -2.27. The molecule has 2 saturated carbocycles. The van der Waals surface area contributed by atoms with Crippen LogP contribution in [0, 0.1) is 0 Å². The number of nitrogens with one attached hydrogen (secondary N) is 1. The molecule has 1 saturated heterocycles. The van der Waals surface area contributed by atoms with E-state index >= 15 is 0 Å². The van der Waals surface area contributed by atoms with E-state index in [-0.39, 0.29) is 6.04 Å². The SMILES string of the molecule is O=C1C(NC2CC2)CCN1C1CCCCCC1. The summed E-state index contributed by atoms with van der Waals surface area (Å²) >= 11 is 0. The van der Waals surface area contributed by atoms with Crippen molar-refractivity contribution in [1.29, 1.82) is 0 Å². The number of hydrogen-bond acceptors (Lipinski definition) is 2. The van der Waals surface area contributed by atoms with Crippen LogP contribution in [-0.4, -0.2) is 35.5 Å². The topological polar surface area (TPSA) is 32.3 Å². The minimum atomic E-state index is 0.144. The van der Waals surface area contributed by atoms with Gasteiger partial charge in [-0.25, -0.2) is 0 Å². The van der Waals surface area contributed by atoms with E-state index in [1.807, 2.05) is 0 Å². The lowest BCUT2D eigenvalue weighted by molar-refractivity contribution is -0.131. The molecule has 2 aliphatic carbocycles. The third kappa shape index (κ3) is 2.65. The Labute approximate surface area is 104 Å². The summed E-state index contributed by atoms with van der Waals surface area (Å²) in [6.07, 6.45) is 11.4. The van der Waals surface area contributed by atoms with Gasteiger partial charge in [-0.05, 0) is 32.1 Å². The minimum absolute atomic E-state index is 0.144. The molecule has 0 aromatic heterocycles. The van der Waals surface area contributed by atoms with Crippen molar-refractivity contribution in [2.24, 2.45) is 0 Å². The quantitative estimate of drug-likeness (QED) is 0.761. The highest BCUT2D eigenvalue weighted by Gasteiger charge is 2.38. The van der Waals surface area contributed by atoms with Crippen molar-refractivity contribution >= 4 is 5.91 Å². The van der Waals surface area contributed by atoms with Gasteiger partial charge in [0.15, 0.2) is 0 Å². The molecule has 1 N–H and O–H groups in total. The standard InChI is InChI=1S/C14H24N2O/c17-14-13(15-11-7-8-11)9-10-16(14)12-5-3-1-2-4-6-12/h11-13,15H,1-10H2. The van der Waals surface area contributed by atoms with E-state index in [1.165, 1.54) is 51.4 Å². The molecule has 0 aromatic carbocycles. The molecule has 3 aliphatic rings. The fourth-order valence-electron chi connectivity index (χ4n) is 3.32. The number of nitrogens with zero attached hydrogens (tertiary/aromatic N) is 1. The number of amides is 1. The summed E-state index contributed by atoms with van der Waals surface area (Å²) in [5.41, 5.74) is 0. The van der Waals surface area contributed by atoms with Crippen molar-refractivity contribution in [3.63, 3.8) is 0 Å². The summed E-state index contributed by atoms with van der Waals surface area (Å²) in [6.45, 7) is 0.994. The van der Waals surface area contributed by atoms with Crippen LogP contribution in [0.15, 0.2) is 0 Å². The molecule has 0 aromatic rings. The molecule has 96 valence electrons. The van der Waals surface area contributed by atoms with Gasteiger partial charge in [0.25, 0.3) is 0 Å². The molecule has 3 heteroatoms. The zero-order chi connectivity index (χ0) is 11.7. The first kappa shape index (κ1) is 11.5. The Morgan fingerprint density at radius 2 is 1.65 bits per heavy atom. The van der Waals surface area contributed by atoms with Crippen LogP contribution in [0.2, 0.25) is 0 Å². The first-order valence-corrected chi connectivity index (χ1v) is 7.41. The predicted octanol–water partition coefficient (Wildman–Crippen LogP) is 2.06. The third-order valence-corrected chi connectivity index (χ3v) is 4.52. The first-order valence-electron chi connectivity index (χ1n) is 7.41. The number of carbonyl (C=O) groups is 1. The Balaban J connectivity index is 1.57. The van der Waals surface area contributed by atoms with Gasteiger partial charge in [-0.2, -0.15) is 0 Å². The summed E-state index contributed by atoms with van der Waals surface area (Å²) in [7, 11) is 0. The highest BCUT2D eigenvalue weighted by Crippen LogP contribution is 2.27. The summed E-state index contributed by atoms with van der Waals surface area (Å²) in [5.74, 6) is 0.392. The number of rotatable bonds is 3. The summed E-state index contributed by atoms with van der Waals surface area (Å²) < 4.78 is 0. The Hall–Kier alpha value is -0.570. The molecule has 17 heavy (non-hydrogen) atoms. The molecule has 3 fully saturated rings. The summed E-state index contributed by atoms with van der Waals surface area (Å²) in [6, 6.07) is 1.35. The summed E-state index contributed by atoms with van der Waals surface area (Å²) in [4.78, 5) is 14.5. The minimum Gasteiger partial charge on any atom is -0.338 e. The summed E-state index contributed by atoms with van der Waals surface area (Å²) in [5, 5.41) is 3.50. The van der Waals surface area contributed by atoms with Crippen molar-refractivity contribution in [2.75, 3.05) is 6.54 Å². The number of hydrogen-bond donors (Lipinski definition) is 1. The van der Waals surface area contributed by atoms with Crippen LogP contribution < -0.4 is 5.32 Å². The van der Waals surface area contributed by atoms with Crippen LogP contribution in [0.3, 0.4) is 0 Å². The zero-order valence-electron chi connectivity index (χ0n) is 10.7. The fraction of sp³-hybridized carbons (Fsp3) is 0.929. The second-order valence-corrected chi connectivity index (χ2v) is 5.96. The van der Waals surface area contributed by atoms with Crippen LogP contribution in [0.25, 0.3) is 0 Å². The van der Waals surface area contributed by atoms with E-state index in [1.54, 1.807) is 0 Å². The van der Waals surface area contributed by atoms with Gasteiger partial charge in [-0.15, -0.1) is 0 Å². The maximum absolute atomic E-state index is 12.3. The van der Waals surface area contributed by atoms with Crippen LogP contribution in [-0.2, 0) is 4.79 Å². The van der Waals surface area contributed by atoms with Crippen LogP contribution in [0.1, 0.15) is 57.8 Å². The Morgan fingerprint density at radius 3 is 2.29 bits per heavy atom. The Morgan fingerprint density at radius 1 is 0.941 bits per heavy atom. The highest BCUT2D eigenvalue weighted by atomic mass is 16.2. The maximum atomic E-state index is 12.3. The van der Waals surface area contributed by atoms with Crippen molar-refractivity contribution in [3.05, 3.63) is 0 Å². The van der Waals surface area contributed by atoms with Crippen molar-refractivity contribution in [3.8, 4) is 0 Å². The molecule has 0 radical (unpaired) electrons. The predicted molar refractivity (Wildman–Crippen MR) is 67.8 cm³/mol. The van der Waals surface area contributed by atoms with E-state index in [9.17, 15) is 4.79 Å². The lowest BCUT2D eigenvalue weighted by Crippen LogP contribution is -2.43. The normalized spacial score (nSPS) is 31.9. The molecule has 3 rings (SSSR count). The van der Waals surface area contributed by atoms with Gasteiger partial charge in [0.1, 0.15) is 0 Å². The molecule has 1 amide bonds. The molecule has 3 nitrogen and oxygen atoms in total. The van der Waals surface area contributed by atoms with Crippen LogP contribution in [0.4, 0.5) is 0 Å². The zero-order valence-corrected chi connectivity index (χ0v) is 10.7. The highest BCUT2D eigenvalue weighted by molar-refractivity contribution is 5.84. The van der Waals surface area contributed by atoms with Crippen molar-refractivity contribution in [2.45, 2.75) is 75.9 Å². The molecule has 1 unspecified atom stereocenters. The van der Waals surface area contributed by atoms with Gasteiger partial charge in [-0.1, -0.05) is 25.7 Å². The average Bonchev–Trinajstić information content (AvgIpc) is 3.09. The van der Waals surface area contributed by atoms with E-state index in [0.717, 1.165) is 13.0 Å². The van der Waals surface area contributed by atoms with Crippen LogP contribution >= 0.6 is 0 Å². The van der Waals surface area contributed by atoms with Gasteiger partial charge < -0.3 is 10.2 Å². The van der Waals surface area contributed by atoms with E-state index in [0.29, 0.717) is 18.0 Å². The van der Waals surface area contributed by atoms with Gasteiger partial charge in [0.05, 0.1) is 6.04 Å². The number of carbonyl (C=O) groups excluding carboxylic acids is 1. The molecule has 1 aliphatic heterocycles. The molecular weight excluding hydrogens is 212 g/mol. The average molecular weight is 236 g/mol. The van der Waals surface area contributed by atoms with E-state index < -0.39 is 0 Å². The van der Waals surface area contributed by atoms with Crippen molar-refractivity contribution in [1.82, 2.24) is 10.2 Å². The lowest BCUT2D eigenvalue weighted by atomic mass is 10.1. The van der Waals surface area contributed by atoms with Gasteiger partial charge >= 0.3 is 0 Å². The molecular formula is C14H24N2O. The van der Waals surface area contributed by atoms with Gasteiger partial charge in [0.2, 0.25) is 5.91 Å². The molecule has 1 heterocycles. The smallest absolute Gasteiger partial charge is 0.240 e. The molecule has 1 atom stereocenters. The molecule has 0 bridgehead atoms. The van der Waals surface area contributed by atoms with Gasteiger partial charge in [-0.3, -0.25) is 4.79 Å². The third-order valence-electron chi connectivity index (χ3n) is 4.52. The number of likely N-dealkylation sites (tertiary alicyclic amines) is 1. The second kappa shape index (κ2) is 4.97. The molecule has 0 spiro atoms. The van der Waals surface area contributed by atoms with Crippen LogP contribution in [0.5, 0.6) is 0 Å². The second-order valence-electron chi connectivity index (χ2n) is 5.96. The monoisotopic (exact) mass is 236 g/mol. The first-order chi connectivity index (χ1) is 8.34. The Kier molecular flexibility index (Phi) is 3.37. The largest absolute Gasteiger partial charge is 0.338 e. The van der Waals surface area contributed by atoms with Gasteiger partial charge in [0, 0.05) is 18.6 Å². The van der Waals surface area contributed by atoms with E-state index in [4.69, 9.17) is 0 Å².